The van der Waals surface area contributed by atoms with Crippen LogP contribution in [0.1, 0.15) is 39.0 Å². The number of carbonyl (C=O) groups excluding carboxylic acids is 1. The van der Waals surface area contributed by atoms with Crippen LogP contribution in [0.15, 0.2) is 12.2 Å². The summed E-state index contributed by atoms with van der Waals surface area (Å²) >= 11 is 0. The predicted octanol–water partition coefficient (Wildman–Crippen LogP) is 2.80. The van der Waals surface area contributed by atoms with Crippen molar-refractivity contribution < 1.29 is 9.18 Å². The van der Waals surface area contributed by atoms with E-state index in [1.54, 1.807) is 6.08 Å². The Morgan fingerprint density at radius 1 is 1.42 bits per heavy atom. The summed E-state index contributed by atoms with van der Waals surface area (Å²) in [4.78, 5) is 11.0. The number of ketones is 1. The molecule has 1 rings (SSSR count). The summed E-state index contributed by atoms with van der Waals surface area (Å²) in [5.74, 6) is -0.361. The van der Waals surface area contributed by atoms with E-state index in [1.165, 1.54) is 13.0 Å². The van der Waals surface area contributed by atoms with E-state index in [4.69, 9.17) is 0 Å². The molecule has 0 fully saturated rings. The highest BCUT2D eigenvalue weighted by atomic mass is 19.1. The molecule has 1 nitrogen and oxygen atoms in total. The van der Waals surface area contributed by atoms with Crippen LogP contribution in [0.2, 0.25) is 0 Å². The largest absolute Gasteiger partial charge is 0.296 e. The quantitative estimate of drug-likeness (QED) is 0.553. The van der Waals surface area contributed by atoms with Crippen LogP contribution < -0.4 is 0 Å². The number of carbonyl (C=O) groups is 1. The topological polar surface area (TPSA) is 17.1 Å². The summed E-state index contributed by atoms with van der Waals surface area (Å²) in [5, 5.41) is 0. The lowest BCUT2D eigenvalue weighted by Crippen LogP contribution is -2.29. The van der Waals surface area contributed by atoms with E-state index in [2.05, 4.69) is 0 Å². The molecular weight excluding hydrogens is 155 g/mol. The molecule has 0 heterocycles. The van der Waals surface area contributed by atoms with Gasteiger partial charge in [-0.05, 0) is 38.7 Å². The summed E-state index contributed by atoms with van der Waals surface area (Å²) in [6.45, 7) is 1.33. The number of allylic oxidation sites excluding steroid dienone is 2. The van der Waals surface area contributed by atoms with Gasteiger partial charge in [0, 0.05) is 0 Å². The molecule has 0 N–H and O–H groups in total. The van der Waals surface area contributed by atoms with Gasteiger partial charge in [-0.25, -0.2) is 4.39 Å². The van der Waals surface area contributed by atoms with Gasteiger partial charge >= 0.3 is 0 Å². The van der Waals surface area contributed by atoms with Crippen molar-refractivity contribution in [2.24, 2.45) is 0 Å². The molecule has 0 saturated heterocycles. The maximum atomic E-state index is 13.7. The molecule has 2 heteroatoms. The van der Waals surface area contributed by atoms with Gasteiger partial charge in [-0.15, -0.1) is 0 Å². The Morgan fingerprint density at radius 2 is 2.17 bits per heavy atom. The first-order chi connectivity index (χ1) is 5.65. The summed E-state index contributed by atoms with van der Waals surface area (Å²) in [6.07, 6.45) is 7.46. The summed E-state index contributed by atoms with van der Waals surface area (Å²) < 4.78 is 13.7. The van der Waals surface area contributed by atoms with E-state index >= 15 is 0 Å². The summed E-state index contributed by atoms with van der Waals surface area (Å²) in [6, 6.07) is 0. The number of hydrogen-bond acceptors (Lipinski definition) is 1. The molecule has 1 aliphatic rings. The van der Waals surface area contributed by atoms with Gasteiger partial charge in [-0.3, -0.25) is 4.79 Å². The van der Waals surface area contributed by atoms with Crippen LogP contribution in [0, 0.1) is 0 Å². The molecule has 0 spiro atoms. The minimum Gasteiger partial charge on any atom is -0.296 e. The average molecular weight is 170 g/mol. The second kappa shape index (κ2) is 3.83. The fourth-order valence-corrected chi connectivity index (χ4v) is 1.47. The Bertz CT molecular complexity index is 198. The Kier molecular flexibility index (Phi) is 3.01. The van der Waals surface area contributed by atoms with E-state index < -0.39 is 5.67 Å². The highest BCUT2D eigenvalue weighted by Crippen LogP contribution is 2.25. The fourth-order valence-electron chi connectivity index (χ4n) is 1.47. The van der Waals surface area contributed by atoms with Crippen molar-refractivity contribution in [3.05, 3.63) is 12.2 Å². The molecule has 0 bridgehead atoms. The minimum absolute atomic E-state index is 0.360. The molecule has 12 heavy (non-hydrogen) atoms. The Balaban J connectivity index is 2.71. The molecule has 0 aromatic carbocycles. The molecular formula is C10H15FO. The average Bonchev–Trinajstić information content (AvgIpc) is 1.97. The first kappa shape index (κ1) is 9.43. The highest BCUT2D eigenvalue weighted by Gasteiger charge is 2.31. The molecule has 0 radical (unpaired) electrons. The van der Waals surface area contributed by atoms with Crippen LogP contribution in [0.5, 0.6) is 0 Å². The maximum absolute atomic E-state index is 13.7. The summed E-state index contributed by atoms with van der Waals surface area (Å²) in [5.41, 5.74) is -1.67. The van der Waals surface area contributed by atoms with Crippen molar-refractivity contribution in [1.82, 2.24) is 0 Å². The van der Waals surface area contributed by atoms with Crippen LogP contribution in [0.3, 0.4) is 0 Å². The molecule has 1 unspecified atom stereocenters. The van der Waals surface area contributed by atoms with Crippen molar-refractivity contribution in [3.8, 4) is 0 Å². The Labute approximate surface area is 72.7 Å². The molecule has 0 amide bonds. The van der Waals surface area contributed by atoms with Gasteiger partial charge in [-0.2, -0.15) is 0 Å². The number of alkyl halides is 1. The number of rotatable bonds is 1. The Hall–Kier alpha value is -0.660. The van der Waals surface area contributed by atoms with E-state index in [0.717, 1.165) is 25.7 Å². The molecule has 0 aromatic rings. The third-order valence-corrected chi connectivity index (χ3v) is 2.38. The zero-order chi connectivity index (χ0) is 9.03. The smallest absolute Gasteiger partial charge is 0.186 e. The van der Waals surface area contributed by atoms with Gasteiger partial charge in [0.1, 0.15) is 0 Å². The zero-order valence-electron chi connectivity index (χ0n) is 7.48. The lowest BCUT2D eigenvalue weighted by Gasteiger charge is -2.19. The zero-order valence-corrected chi connectivity index (χ0v) is 7.48. The molecule has 68 valence electrons. The second-order valence-electron chi connectivity index (χ2n) is 3.42. The van der Waals surface area contributed by atoms with Crippen LogP contribution in [-0.4, -0.2) is 11.5 Å². The van der Waals surface area contributed by atoms with Crippen LogP contribution in [0.25, 0.3) is 0 Å². The molecule has 0 aliphatic heterocycles. The number of hydrogen-bond donors (Lipinski definition) is 0. The van der Waals surface area contributed by atoms with E-state index in [9.17, 15) is 9.18 Å². The van der Waals surface area contributed by atoms with Crippen LogP contribution in [0.4, 0.5) is 4.39 Å². The maximum Gasteiger partial charge on any atom is 0.186 e. The standard InChI is InChI=1S/C10H15FO/c1-9(12)10(11)7-5-3-2-4-6-8-10/h5,7H,2-4,6,8H2,1H3. The van der Waals surface area contributed by atoms with Crippen LogP contribution >= 0.6 is 0 Å². The highest BCUT2D eigenvalue weighted by molar-refractivity contribution is 5.86. The summed E-state index contributed by atoms with van der Waals surface area (Å²) in [7, 11) is 0. The van der Waals surface area contributed by atoms with E-state index in [1.807, 2.05) is 0 Å². The fraction of sp³-hybridized carbons (Fsp3) is 0.700. The van der Waals surface area contributed by atoms with Crippen molar-refractivity contribution in [2.75, 3.05) is 0 Å². The third kappa shape index (κ3) is 2.16. The second-order valence-corrected chi connectivity index (χ2v) is 3.42. The normalized spacial score (nSPS) is 30.8. The van der Waals surface area contributed by atoms with Crippen molar-refractivity contribution in [1.29, 1.82) is 0 Å². The van der Waals surface area contributed by atoms with Gasteiger partial charge in [0.25, 0.3) is 0 Å². The molecule has 0 aromatic heterocycles. The van der Waals surface area contributed by atoms with Gasteiger partial charge < -0.3 is 0 Å². The van der Waals surface area contributed by atoms with Crippen molar-refractivity contribution >= 4 is 5.78 Å². The predicted molar refractivity (Wildman–Crippen MR) is 46.7 cm³/mol. The molecule has 0 saturated carbocycles. The Morgan fingerprint density at radius 3 is 2.83 bits per heavy atom. The van der Waals surface area contributed by atoms with Gasteiger partial charge in [-0.1, -0.05) is 12.5 Å². The van der Waals surface area contributed by atoms with Gasteiger partial charge in [0.05, 0.1) is 0 Å². The van der Waals surface area contributed by atoms with Crippen LogP contribution in [-0.2, 0) is 4.79 Å². The molecule has 1 atom stereocenters. The SMILES string of the molecule is CC(=O)C1(F)C=CCCCCC1. The third-order valence-electron chi connectivity index (χ3n) is 2.38. The lowest BCUT2D eigenvalue weighted by atomic mass is 9.91. The lowest BCUT2D eigenvalue weighted by molar-refractivity contribution is -0.126. The first-order valence-electron chi connectivity index (χ1n) is 4.53. The monoisotopic (exact) mass is 170 g/mol. The molecule has 1 aliphatic carbocycles. The van der Waals surface area contributed by atoms with Gasteiger partial charge in [0.2, 0.25) is 0 Å². The van der Waals surface area contributed by atoms with Crippen molar-refractivity contribution in [2.45, 2.75) is 44.7 Å². The van der Waals surface area contributed by atoms with E-state index in [-0.39, 0.29) is 5.78 Å². The van der Waals surface area contributed by atoms with E-state index in [0.29, 0.717) is 6.42 Å². The van der Waals surface area contributed by atoms with Crippen molar-refractivity contribution in [3.63, 3.8) is 0 Å². The van der Waals surface area contributed by atoms with Gasteiger partial charge in [0.15, 0.2) is 11.5 Å². The first-order valence-corrected chi connectivity index (χ1v) is 4.53. The number of Topliss-reactive ketones (excluding diaryl/α,β-unsaturated/α-hetero) is 1. The minimum atomic E-state index is -1.67. The number of halogens is 1.